The predicted octanol–water partition coefficient (Wildman–Crippen LogP) is 1.84. The highest BCUT2D eigenvalue weighted by molar-refractivity contribution is 8.01. The first kappa shape index (κ1) is 12.1. The number of nitrogens with one attached hydrogen (secondary N) is 1. The Labute approximate surface area is 105 Å². The summed E-state index contributed by atoms with van der Waals surface area (Å²) in [5.41, 5.74) is 0. The largest absolute Gasteiger partial charge is 0.353 e. The Balaban J connectivity index is 1.89. The lowest BCUT2D eigenvalue weighted by Gasteiger charge is -2.08. The Morgan fingerprint density at radius 3 is 2.75 bits per heavy atom. The summed E-state index contributed by atoms with van der Waals surface area (Å²) < 4.78 is 1.10. The number of nitrogens with zero attached hydrogens (tertiary/aromatic N) is 3. The lowest BCUT2D eigenvalue weighted by molar-refractivity contribution is 0.583. The first-order valence-electron chi connectivity index (χ1n) is 5.53. The number of thioether (sulfide) groups is 1. The van der Waals surface area contributed by atoms with Crippen LogP contribution in [0.15, 0.2) is 4.34 Å². The van der Waals surface area contributed by atoms with Crippen molar-refractivity contribution in [1.82, 2.24) is 15.5 Å². The molecule has 0 bridgehead atoms. The topological polar surface area (TPSA) is 41.1 Å². The first-order valence-corrected chi connectivity index (χ1v) is 7.23. The maximum absolute atomic E-state index is 4.22. The molecular weight excluding hydrogens is 240 g/mol. The van der Waals surface area contributed by atoms with Gasteiger partial charge in [0.05, 0.1) is 0 Å². The molecule has 1 aromatic rings. The van der Waals surface area contributed by atoms with Gasteiger partial charge in [0.1, 0.15) is 0 Å². The normalized spacial score (nSPS) is 24.9. The molecule has 0 spiro atoms. The van der Waals surface area contributed by atoms with E-state index in [2.05, 4.69) is 15.5 Å². The molecule has 0 saturated heterocycles. The molecule has 2 rings (SSSR count). The van der Waals surface area contributed by atoms with Crippen molar-refractivity contribution in [2.75, 3.05) is 26.0 Å². The van der Waals surface area contributed by atoms with Crippen molar-refractivity contribution < 1.29 is 0 Å². The van der Waals surface area contributed by atoms with Crippen LogP contribution in [0.25, 0.3) is 0 Å². The molecule has 16 heavy (non-hydrogen) atoms. The Hall–Kier alpha value is -0.330. The Bertz CT molecular complexity index is 339. The van der Waals surface area contributed by atoms with Gasteiger partial charge in [-0.2, -0.15) is 0 Å². The molecule has 1 fully saturated rings. The molecule has 1 heterocycles. The molecule has 2 unspecified atom stereocenters. The predicted molar refractivity (Wildman–Crippen MR) is 70.6 cm³/mol. The van der Waals surface area contributed by atoms with Gasteiger partial charge in [-0.25, -0.2) is 0 Å². The average Bonchev–Trinajstić information content (AvgIpc) is 2.87. The summed E-state index contributed by atoms with van der Waals surface area (Å²) in [4.78, 5) is 2.01. The van der Waals surface area contributed by atoms with Crippen LogP contribution in [0.1, 0.15) is 19.3 Å². The van der Waals surface area contributed by atoms with E-state index >= 15 is 0 Å². The zero-order chi connectivity index (χ0) is 11.5. The van der Waals surface area contributed by atoms with Gasteiger partial charge in [-0.15, -0.1) is 10.2 Å². The summed E-state index contributed by atoms with van der Waals surface area (Å²) in [6.45, 7) is 0. The van der Waals surface area contributed by atoms with E-state index in [4.69, 9.17) is 0 Å². The lowest BCUT2D eigenvalue weighted by Crippen LogP contribution is -2.21. The summed E-state index contributed by atoms with van der Waals surface area (Å²) in [7, 11) is 6.05. The van der Waals surface area contributed by atoms with Crippen LogP contribution in [0.3, 0.4) is 0 Å². The van der Waals surface area contributed by atoms with Crippen molar-refractivity contribution in [3.63, 3.8) is 0 Å². The quantitative estimate of drug-likeness (QED) is 0.892. The zero-order valence-corrected chi connectivity index (χ0v) is 11.6. The Kier molecular flexibility index (Phi) is 4.05. The fourth-order valence-corrected chi connectivity index (χ4v) is 4.16. The molecule has 0 radical (unpaired) electrons. The maximum atomic E-state index is 4.22. The molecule has 0 amide bonds. The van der Waals surface area contributed by atoms with Crippen LogP contribution in [-0.4, -0.2) is 42.6 Å². The smallest absolute Gasteiger partial charge is 0.208 e. The summed E-state index contributed by atoms with van der Waals surface area (Å²) in [6.07, 6.45) is 3.82. The maximum Gasteiger partial charge on any atom is 0.208 e. The molecule has 0 aliphatic heterocycles. The van der Waals surface area contributed by atoms with Crippen molar-refractivity contribution in [3.8, 4) is 0 Å². The molecule has 1 aromatic heterocycles. The summed E-state index contributed by atoms with van der Waals surface area (Å²) in [5.74, 6) is 0. The Morgan fingerprint density at radius 2 is 2.19 bits per heavy atom. The van der Waals surface area contributed by atoms with E-state index in [1.165, 1.54) is 19.3 Å². The van der Waals surface area contributed by atoms with Gasteiger partial charge < -0.3 is 10.2 Å². The molecule has 0 aromatic carbocycles. The van der Waals surface area contributed by atoms with E-state index in [1.54, 1.807) is 11.3 Å². The molecule has 1 aliphatic rings. The van der Waals surface area contributed by atoms with Gasteiger partial charge in [0.2, 0.25) is 5.13 Å². The van der Waals surface area contributed by atoms with E-state index in [1.807, 2.05) is 37.8 Å². The first-order chi connectivity index (χ1) is 7.69. The molecule has 90 valence electrons. The van der Waals surface area contributed by atoms with Crippen molar-refractivity contribution in [3.05, 3.63) is 0 Å². The van der Waals surface area contributed by atoms with Gasteiger partial charge in [-0.3, -0.25) is 0 Å². The number of rotatable bonds is 4. The highest BCUT2D eigenvalue weighted by Crippen LogP contribution is 2.37. The minimum atomic E-state index is 0.693. The van der Waals surface area contributed by atoms with Crippen LogP contribution in [0.4, 0.5) is 5.13 Å². The van der Waals surface area contributed by atoms with Gasteiger partial charge in [0.15, 0.2) is 4.34 Å². The van der Waals surface area contributed by atoms with Crippen LogP contribution in [0.5, 0.6) is 0 Å². The average molecular weight is 258 g/mol. The summed E-state index contributed by atoms with van der Waals surface area (Å²) >= 11 is 3.57. The highest BCUT2D eigenvalue weighted by Gasteiger charge is 2.25. The van der Waals surface area contributed by atoms with E-state index in [0.717, 1.165) is 9.47 Å². The monoisotopic (exact) mass is 258 g/mol. The zero-order valence-electron chi connectivity index (χ0n) is 9.93. The number of hydrogen-bond acceptors (Lipinski definition) is 6. The van der Waals surface area contributed by atoms with Crippen LogP contribution in [0, 0.1) is 0 Å². The van der Waals surface area contributed by atoms with E-state index in [-0.39, 0.29) is 0 Å². The molecule has 1 aliphatic carbocycles. The van der Waals surface area contributed by atoms with Gasteiger partial charge in [0, 0.05) is 25.4 Å². The number of aromatic nitrogens is 2. The van der Waals surface area contributed by atoms with Crippen LogP contribution < -0.4 is 10.2 Å². The van der Waals surface area contributed by atoms with Crippen molar-refractivity contribution >= 4 is 28.2 Å². The SMILES string of the molecule is CNC1CCC(Sc2nnc(N(C)C)s2)C1. The fraction of sp³-hybridized carbons (Fsp3) is 0.800. The molecular formula is C10H18N4S2. The van der Waals surface area contributed by atoms with E-state index in [9.17, 15) is 0 Å². The summed E-state index contributed by atoms with van der Waals surface area (Å²) in [6, 6.07) is 0.693. The molecule has 2 atom stereocenters. The van der Waals surface area contributed by atoms with Crippen LogP contribution in [0.2, 0.25) is 0 Å². The highest BCUT2D eigenvalue weighted by atomic mass is 32.2. The third-order valence-electron chi connectivity index (χ3n) is 2.84. The minimum absolute atomic E-state index is 0.693. The fourth-order valence-electron chi connectivity index (χ4n) is 1.88. The van der Waals surface area contributed by atoms with E-state index < -0.39 is 0 Å². The van der Waals surface area contributed by atoms with Gasteiger partial charge >= 0.3 is 0 Å². The Morgan fingerprint density at radius 1 is 1.38 bits per heavy atom. The van der Waals surface area contributed by atoms with E-state index in [0.29, 0.717) is 11.3 Å². The second kappa shape index (κ2) is 5.33. The standard InChI is InChI=1S/C10H18N4S2/c1-11-7-4-5-8(6-7)15-10-13-12-9(16-10)14(2)3/h7-8,11H,4-6H2,1-3H3. The van der Waals surface area contributed by atoms with Crippen molar-refractivity contribution in [2.45, 2.75) is 34.9 Å². The van der Waals surface area contributed by atoms with Crippen molar-refractivity contribution in [2.24, 2.45) is 0 Å². The van der Waals surface area contributed by atoms with Crippen LogP contribution >= 0.6 is 23.1 Å². The van der Waals surface area contributed by atoms with Crippen molar-refractivity contribution in [1.29, 1.82) is 0 Å². The number of anilines is 1. The van der Waals surface area contributed by atoms with Gasteiger partial charge in [-0.1, -0.05) is 23.1 Å². The van der Waals surface area contributed by atoms with Crippen LogP contribution in [-0.2, 0) is 0 Å². The van der Waals surface area contributed by atoms with Gasteiger partial charge in [-0.05, 0) is 26.3 Å². The summed E-state index contributed by atoms with van der Waals surface area (Å²) in [5, 5.41) is 13.4. The van der Waals surface area contributed by atoms with Gasteiger partial charge in [0.25, 0.3) is 0 Å². The molecule has 4 nitrogen and oxygen atoms in total. The lowest BCUT2D eigenvalue weighted by atomic mass is 10.3. The molecule has 1 N–H and O–H groups in total. The minimum Gasteiger partial charge on any atom is -0.353 e. The molecule has 6 heteroatoms. The number of hydrogen-bond donors (Lipinski definition) is 1. The third kappa shape index (κ3) is 2.87. The molecule has 1 saturated carbocycles. The second-order valence-corrected chi connectivity index (χ2v) is 6.79. The second-order valence-electron chi connectivity index (χ2n) is 4.28. The third-order valence-corrected chi connectivity index (χ3v) is 5.31.